The molecule has 356 valence electrons. The van der Waals surface area contributed by atoms with E-state index >= 15 is 0 Å². The molecule has 27 heteroatoms. The SMILES string of the molecule is O=C1O[C@H]2[C@H](OC(=O)c3cc(O)c(O)c(O)c3)[C@@H](OC(=O)c3cc(O)c(O)c(O)c3)[C@H](OC(=O)c3cc(O)c(O)c(O)c3)O[C@@H]2COC(=O)c2cc(O)c(O)c3c2[C@@H]2C1=CC(=O)[C@](O)(O3)C2(O)O. The van der Waals surface area contributed by atoms with Gasteiger partial charge in [0.1, 0.15) is 12.7 Å². The minimum absolute atomic E-state index is 0.258. The van der Waals surface area contributed by atoms with Crippen LogP contribution < -0.4 is 4.74 Å². The van der Waals surface area contributed by atoms with Crippen LogP contribution in [0.5, 0.6) is 69.0 Å². The maximum atomic E-state index is 14.5. The molecule has 27 nitrogen and oxygen atoms in total. The summed E-state index contributed by atoms with van der Waals surface area (Å²) >= 11 is 0. The molecule has 68 heavy (non-hydrogen) atoms. The van der Waals surface area contributed by atoms with E-state index in [1.807, 2.05) is 0 Å². The van der Waals surface area contributed by atoms with Crippen molar-refractivity contribution in [2.75, 3.05) is 6.61 Å². The molecule has 2 bridgehead atoms. The highest BCUT2D eigenvalue weighted by Gasteiger charge is 2.70. The van der Waals surface area contributed by atoms with Gasteiger partial charge in [0.2, 0.25) is 23.9 Å². The highest BCUT2D eigenvalue weighted by atomic mass is 16.8. The molecule has 14 N–H and O–H groups in total. The molecule has 1 saturated heterocycles. The maximum absolute atomic E-state index is 14.5. The van der Waals surface area contributed by atoms with E-state index in [1.54, 1.807) is 0 Å². The normalized spacial score (nSPS) is 24.6. The molecule has 7 atom stereocenters. The molecule has 0 amide bonds. The summed E-state index contributed by atoms with van der Waals surface area (Å²) in [5.41, 5.74) is -5.48. The van der Waals surface area contributed by atoms with E-state index in [4.69, 9.17) is 33.2 Å². The number of cyclic esters (lactones) is 1. The Balaban J connectivity index is 1.31. The van der Waals surface area contributed by atoms with Gasteiger partial charge in [-0.1, -0.05) is 0 Å². The summed E-state index contributed by atoms with van der Waals surface area (Å²) in [5, 5.41) is 146. The fraction of sp³-hybridized carbons (Fsp3) is 0.220. The Morgan fingerprint density at radius 2 is 1.01 bits per heavy atom. The van der Waals surface area contributed by atoms with Crippen molar-refractivity contribution in [3.8, 4) is 69.0 Å². The van der Waals surface area contributed by atoms with Gasteiger partial charge in [0, 0.05) is 5.56 Å². The maximum Gasteiger partial charge on any atom is 0.340 e. The van der Waals surface area contributed by atoms with Gasteiger partial charge in [0.15, 0.2) is 75.5 Å². The van der Waals surface area contributed by atoms with Gasteiger partial charge < -0.3 is 105 Å². The van der Waals surface area contributed by atoms with E-state index in [-0.39, 0.29) is 6.08 Å². The molecule has 0 radical (unpaired) electrons. The predicted molar refractivity (Wildman–Crippen MR) is 205 cm³/mol. The lowest BCUT2D eigenvalue weighted by molar-refractivity contribution is -0.339. The van der Waals surface area contributed by atoms with Crippen LogP contribution in [0.2, 0.25) is 0 Å². The lowest BCUT2D eigenvalue weighted by atomic mass is 9.70. The van der Waals surface area contributed by atoms with E-state index in [0.29, 0.717) is 42.5 Å². The molecule has 4 aliphatic rings. The van der Waals surface area contributed by atoms with Gasteiger partial charge in [0.25, 0.3) is 5.79 Å². The number of esters is 5. The highest BCUT2D eigenvalue weighted by molar-refractivity contribution is 6.08. The highest BCUT2D eigenvalue weighted by Crippen LogP contribution is 2.58. The molecule has 0 unspecified atom stereocenters. The second-order valence-corrected chi connectivity index (χ2v) is 15.1. The zero-order valence-electron chi connectivity index (χ0n) is 33.4. The first-order valence-electron chi connectivity index (χ1n) is 19.0. The van der Waals surface area contributed by atoms with Crippen LogP contribution >= 0.6 is 0 Å². The van der Waals surface area contributed by atoms with E-state index in [9.17, 15) is 100 Å². The lowest BCUT2D eigenvalue weighted by Crippen LogP contribution is -2.70. The Morgan fingerprint density at radius 3 is 1.50 bits per heavy atom. The first kappa shape index (κ1) is 45.6. The molecular formula is C41H30O27. The van der Waals surface area contributed by atoms with E-state index in [0.717, 1.165) is 0 Å². The van der Waals surface area contributed by atoms with E-state index in [2.05, 4.69) is 0 Å². The number of phenolic OH excluding ortho intramolecular Hbond substituents is 11. The molecule has 8 rings (SSSR count). The van der Waals surface area contributed by atoms with Crippen LogP contribution in [0.15, 0.2) is 54.1 Å². The first-order valence-corrected chi connectivity index (χ1v) is 19.0. The number of hydrogen-bond acceptors (Lipinski definition) is 27. The third-order valence-corrected chi connectivity index (χ3v) is 10.9. The molecule has 0 spiro atoms. The number of benzene rings is 4. The van der Waals surface area contributed by atoms with E-state index in [1.165, 1.54) is 0 Å². The number of aliphatic hydroxyl groups is 3. The fourth-order valence-electron chi connectivity index (χ4n) is 7.59. The van der Waals surface area contributed by atoms with Crippen LogP contribution in [-0.4, -0.2) is 156 Å². The van der Waals surface area contributed by atoms with Crippen LogP contribution in [0.4, 0.5) is 0 Å². The van der Waals surface area contributed by atoms with Crippen LogP contribution in [0.3, 0.4) is 0 Å². The number of aromatic hydroxyl groups is 11. The van der Waals surface area contributed by atoms with Crippen LogP contribution in [0.25, 0.3) is 0 Å². The Morgan fingerprint density at radius 1 is 0.574 bits per heavy atom. The van der Waals surface area contributed by atoms with Crippen LogP contribution in [-0.2, 0) is 38.0 Å². The first-order chi connectivity index (χ1) is 31.8. The van der Waals surface area contributed by atoms with Gasteiger partial charge in [-0.3, -0.25) is 4.79 Å². The minimum Gasteiger partial charge on any atom is -0.504 e. The van der Waals surface area contributed by atoms with E-state index < -0.39 is 193 Å². The second-order valence-electron chi connectivity index (χ2n) is 15.1. The number of ether oxygens (including phenoxy) is 7. The molecule has 4 aromatic carbocycles. The zero-order valence-corrected chi connectivity index (χ0v) is 33.4. The molecule has 3 aliphatic heterocycles. The summed E-state index contributed by atoms with van der Waals surface area (Å²) in [6.45, 7) is -1.27. The predicted octanol–water partition coefficient (Wildman–Crippen LogP) is -1.08. The average Bonchev–Trinajstić information content (AvgIpc) is 3.28. The summed E-state index contributed by atoms with van der Waals surface area (Å²) in [5.74, 6) is -34.3. The number of phenols is 11. The van der Waals surface area contributed by atoms with Crippen molar-refractivity contribution >= 4 is 35.6 Å². The topological polar surface area (TPSA) is 450 Å². The third kappa shape index (κ3) is 7.18. The van der Waals surface area contributed by atoms with Gasteiger partial charge >= 0.3 is 35.6 Å². The second kappa shape index (κ2) is 15.9. The number of rotatable bonds is 6. The monoisotopic (exact) mass is 954 g/mol. The Hall–Kier alpha value is -8.92. The van der Waals surface area contributed by atoms with Crippen molar-refractivity contribution in [1.82, 2.24) is 0 Å². The molecule has 3 heterocycles. The number of fused-ring (bicyclic) bond motifs is 2. The van der Waals surface area contributed by atoms with Gasteiger partial charge in [-0.15, -0.1) is 0 Å². The largest absolute Gasteiger partial charge is 0.504 e. The minimum atomic E-state index is -3.96. The summed E-state index contributed by atoms with van der Waals surface area (Å²) in [6.07, 6.45) is -12.1. The van der Waals surface area contributed by atoms with Gasteiger partial charge in [0.05, 0.1) is 33.7 Å². The Labute approximate surface area is 374 Å². The van der Waals surface area contributed by atoms with Crippen molar-refractivity contribution in [1.29, 1.82) is 0 Å². The Kier molecular flexibility index (Phi) is 10.7. The molecule has 0 saturated carbocycles. The standard InChI is InChI=1S/C41H30O27/c42-15-1-10(2-16(43)26(15)50)34(54)65-32-30-22(9-62-37(57)13-7-21(48)29(53)31-24(13)25-14(38(58)64-30)8-23(49)41(61,68-31)40(25,59)60)63-39(67-36(56)12-5-19(46)28(52)20(47)6-12)33(32)66-35(55)11-3-17(44)27(51)18(45)4-11/h1-8,22,25,30,32-33,39,42-48,50-53,59-61H,9H2/t22-,25+,30-,32+,33-,39+,41+/m1/s1. The summed E-state index contributed by atoms with van der Waals surface area (Å²) in [4.78, 5) is 83.4. The van der Waals surface area contributed by atoms with Crippen LogP contribution in [0.1, 0.15) is 52.9 Å². The van der Waals surface area contributed by atoms with Crippen LogP contribution in [0, 0.1) is 0 Å². The third-order valence-electron chi connectivity index (χ3n) is 10.9. The van der Waals surface area contributed by atoms with Gasteiger partial charge in [-0.25, -0.2) is 24.0 Å². The molecule has 1 aliphatic carbocycles. The lowest BCUT2D eigenvalue weighted by Gasteiger charge is -2.49. The summed E-state index contributed by atoms with van der Waals surface area (Å²) in [7, 11) is 0. The van der Waals surface area contributed by atoms with Gasteiger partial charge in [-0.2, -0.15) is 0 Å². The number of carbonyl (C=O) groups is 6. The smallest absolute Gasteiger partial charge is 0.340 e. The molecule has 4 aromatic rings. The van der Waals surface area contributed by atoms with Crippen molar-refractivity contribution in [3.63, 3.8) is 0 Å². The summed E-state index contributed by atoms with van der Waals surface area (Å²) < 4.78 is 38.6. The molecule has 1 fully saturated rings. The summed E-state index contributed by atoms with van der Waals surface area (Å²) in [6, 6.07) is 3.71. The zero-order chi connectivity index (χ0) is 49.6. The number of ketones is 1. The van der Waals surface area contributed by atoms with Crippen molar-refractivity contribution < 1.29 is 133 Å². The molecule has 0 aromatic heterocycles. The molecular weight excluding hydrogens is 924 g/mol. The van der Waals surface area contributed by atoms with Crippen molar-refractivity contribution in [3.05, 3.63) is 81.9 Å². The Bertz CT molecular complexity index is 2870. The number of carbonyl (C=O) groups excluding carboxylic acids is 6. The average molecular weight is 955 g/mol. The fourth-order valence-corrected chi connectivity index (χ4v) is 7.59. The van der Waals surface area contributed by atoms with Gasteiger partial charge in [-0.05, 0) is 48.5 Å². The number of hydrogen-bond donors (Lipinski definition) is 14. The quantitative estimate of drug-likeness (QED) is 0.0473. The van der Waals surface area contributed by atoms with Crippen molar-refractivity contribution in [2.24, 2.45) is 0 Å². The van der Waals surface area contributed by atoms with Crippen molar-refractivity contribution in [2.45, 2.75) is 48.2 Å².